The number of ether oxygens (including phenoxy) is 1. The van der Waals surface area contributed by atoms with E-state index in [0.29, 0.717) is 5.56 Å². The first kappa shape index (κ1) is 16.1. The van der Waals surface area contributed by atoms with E-state index in [2.05, 4.69) is 10.1 Å². The van der Waals surface area contributed by atoms with Crippen molar-refractivity contribution in [2.45, 2.75) is 50.6 Å². The van der Waals surface area contributed by atoms with Gasteiger partial charge in [-0.3, -0.25) is 0 Å². The van der Waals surface area contributed by atoms with Crippen LogP contribution in [0.5, 0.6) is 5.75 Å². The van der Waals surface area contributed by atoms with Gasteiger partial charge >= 0.3 is 6.36 Å². The molecule has 1 aromatic carbocycles. The summed E-state index contributed by atoms with van der Waals surface area (Å²) in [6.45, 7) is -0.269. The number of hydrogen-bond donors (Lipinski definition) is 2. The van der Waals surface area contributed by atoms with E-state index >= 15 is 0 Å². The summed E-state index contributed by atoms with van der Waals surface area (Å²) in [5.41, 5.74) is 0.336. The maximum atomic E-state index is 12.4. The molecule has 1 aliphatic rings. The molecule has 2 rings (SSSR count). The number of hydrogen-bond acceptors (Lipinski definition) is 3. The summed E-state index contributed by atoms with van der Waals surface area (Å²) in [7, 11) is 0. The van der Waals surface area contributed by atoms with E-state index in [0.717, 1.165) is 25.7 Å². The van der Waals surface area contributed by atoms with Crippen LogP contribution in [0.4, 0.5) is 13.2 Å². The minimum atomic E-state index is -4.74. The van der Waals surface area contributed by atoms with Crippen molar-refractivity contribution in [1.82, 2.24) is 5.32 Å². The topological polar surface area (TPSA) is 41.5 Å². The van der Waals surface area contributed by atoms with E-state index in [-0.39, 0.29) is 18.4 Å². The monoisotopic (exact) mass is 303 g/mol. The number of aliphatic hydroxyl groups is 1. The molecule has 1 aromatic rings. The molecule has 3 nitrogen and oxygen atoms in total. The molecule has 0 bridgehead atoms. The van der Waals surface area contributed by atoms with Crippen LogP contribution >= 0.6 is 0 Å². The van der Waals surface area contributed by atoms with Crippen LogP contribution in [0.2, 0.25) is 0 Å². The van der Waals surface area contributed by atoms with E-state index in [1.807, 2.05) is 0 Å². The minimum absolute atomic E-state index is 0.231. The van der Waals surface area contributed by atoms with E-state index in [4.69, 9.17) is 0 Å². The molecule has 1 aliphatic carbocycles. The number of halogens is 3. The van der Waals surface area contributed by atoms with Crippen LogP contribution in [0.1, 0.15) is 43.7 Å². The first-order chi connectivity index (χ1) is 9.99. The number of alkyl halides is 3. The maximum absolute atomic E-state index is 12.4. The second-order valence-corrected chi connectivity index (χ2v) is 5.32. The highest BCUT2D eigenvalue weighted by molar-refractivity contribution is 5.36. The summed E-state index contributed by atoms with van der Waals surface area (Å²) in [4.78, 5) is 0. The molecule has 1 saturated carbocycles. The zero-order chi connectivity index (χ0) is 15.3. The number of benzene rings is 1. The van der Waals surface area contributed by atoms with Crippen LogP contribution in [0.15, 0.2) is 24.3 Å². The fraction of sp³-hybridized carbons (Fsp3) is 0.600. The van der Waals surface area contributed by atoms with E-state index in [1.54, 1.807) is 12.1 Å². The van der Waals surface area contributed by atoms with Gasteiger partial charge in [0.05, 0.1) is 12.6 Å². The van der Waals surface area contributed by atoms with Gasteiger partial charge in [0.2, 0.25) is 0 Å². The first-order valence-electron chi connectivity index (χ1n) is 7.21. The van der Waals surface area contributed by atoms with Crippen molar-refractivity contribution in [3.8, 4) is 5.75 Å². The molecule has 21 heavy (non-hydrogen) atoms. The quantitative estimate of drug-likeness (QED) is 0.874. The third-order valence-electron chi connectivity index (χ3n) is 3.74. The Morgan fingerprint density at radius 2 is 1.86 bits per heavy atom. The summed E-state index contributed by atoms with van der Waals surface area (Å²) in [6, 6.07) is 5.64. The second-order valence-electron chi connectivity index (χ2n) is 5.32. The largest absolute Gasteiger partial charge is 0.573 e. The second kappa shape index (κ2) is 7.13. The Bertz CT molecular complexity index is 445. The van der Waals surface area contributed by atoms with Gasteiger partial charge in [-0.05, 0) is 18.9 Å². The molecule has 118 valence electrons. The Labute approximate surface area is 122 Å². The minimum Gasteiger partial charge on any atom is -0.405 e. The molecule has 0 aromatic heterocycles. The van der Waals surface area contributed by atoms with Crippen molar-refractivity contribution in [2.75, 3.05) is 6.61 Å². The fourth-order valence-corrected chi connectivity index (χ4v) is 2.78. The molecule has 0 radical (unpaired) electrons. The van der Waals surface area contributed by atoms with Crippen molar-refractivity contribution in [2.24, 2.45) is 0 Å². The van der Waals surface area contributed by atoms with Crippen molar-refractivity contribution in [3.63, 3.8) is 0 Å². The highest BCUT2D eigenvalue weighted by Crippen LogP contribution is 2.31. The van der Waals surface area contributed by atoms with Crippen molar-refractivity contribution >= 4 is 0 Å². The predicted octanol–water partition coefficient (Wildman–Crippen LogP) is 3.54. The lowest BCUT2D eigenvalue weighted by molar-refractivity contribution is -0.275. The first-order valence-corrected chi connectivity index (χ1v) is 7.21. The standard InChI is InChI=1S/C15H20F3NO2/c16-15(17,18)21-14-9-5-4-8-12(14)13(10-20)19-11-6-2-1-3-7-11/h4-5,8-9,11,13,19-20H,1-3,6-7,10H2. The lowest BCUT2D eigenvalue weighted by Crippen LogP contribution is -2.36. The number of nitrogens with one attached hydrogen (secondary N) is 1. The molecular formula is C15H20F3NO2. The van der Waals surface area contributed by atoms with Crippen LogP contribution in [0.25, 0.3) is 0 Å². The van der Waals surface area contributed by atoms with E-state index in [1.165, 1.54) is 18.6 Å². The van der Waals surface area contributed by atoms with Crippen molar-refractivity contribution < 1.29 is 23.0 Å². The molecule has 0 spiro atoms. The summed E-state index contributed by atoms with van der Waals surface area (Å²) < 4.78 is 41.4. The van der Waals surface area contributed by atoms with Crippen LogP contribution < -0.4 is 10.1 Å². The van der Waals surface area contributed by atoms with Crippen LogP contribution in [0.3, 0.4) is 0 Å². The highest BCUT2D eigenvalue weighted by Gasteiger charge is 2.33. The maximum Gasteiger partial charge on any atom is 0.573 e. The van der Waals surface area contributed by atoms with Gasteiger partial charge in [0.15, 0.2) is 0 Å². The van der Waals surface area contributed by atoms with Crippen LogP contribution in [-0.2, 0) is 0 Å². The predicted molar refractivity (Wildman–Crippen MR) is 73.0 cm³/mol. The molecule has 1 fully saturated rings. The third kappa shape index (κ3) is 4.89. The van der Waals surface area contributed by atoms with Gasteiger partial charge in [0, 0.05) is 11.6 Å². The lowest BCUT2D eigenvalue weighted by Gasteiger charge is -2.28. The van der Waals surface area contributed by atoms with E-state index < -0.39 is 12.4 Å². The molecule has 0 aliphatic heterocycles. The van der Waals surface area contributed by atoms with Crippen LogP contribution in [-0.4, -0.2) is 24.1 Å². The van der Waals surface area contributed by atoms with E-state index in [9.17, 15) is 18.3 Å². The summed E-state index contributed by atoms with van der Waals surface area (Å²) in [6.07, 6.45) is 0.640. The summed E-state index contributed by atoms with van der Waals surface area (Å²) >= 11 is 0. The average Bonchev–Trinajstić information content (AvgIpc) is 2.45. The fourth-order valence-electron chi connectivity index (χ4n) is 2.78. The van der Waals surface area contributed by atoms with Gasteiger partial charge in [-0.2, -0.15) is 0 Å². The summed E-state index contributed by atoms with van der Waals surface area (Å²) in [5, 5.41) is 12.8. The normalized spacial score (nSPS) is 18.5. The Kier molecular flexibility index (Phi) is 5.47. The third-order valence-corrected chi connectivity index (χ3v) is 3.74. The van der Waals surface area contributed by atoms with Crippen molar-refractivity contribution in [3.05, 3.63) is 29.8 Å². The molecule has 0 amide bonds. The Morgan fingerprint density at radius 1 is 1.19 bits per heavy atom. The lowest BCUT2D eigenvalue weighted by atomic mass is 9.94. The van der Waals surface area contributed by atoms with Gasteiger partial charge in [-0.15, -0.1) is 13.2 Å². The molecule has 0 heterocycles. The Morgan fingerprint density at radius 3 is 2.48 bits per heavy atom. The van der Waals surface area contributed by atoms with Crippen molar-refractivity contribution in [1.29, 1.82) is 0 Å². The Balaban J connectivity index is 2.13. The zero-order valence-electron chi connectivity index (χ0n) is 11.7. The zero-order valence-corrected chi connectivity index (χ0v) is 11.7. The molecule has 0 saturated heterocycles. The molecule has 6 heteroatoms. The summed E-state index contributed by atoms with van der Waals surface area (Å²) in [5.74, 6) is -0.257. The van der Waals surface area contributed by atoms with Gasteiger partial charge in [0.25, 0.3) is 0 Å². The Hall–Kier alpha value is -1.27. The molecule has 2 N–H and O–H groups in total. The molecule has 1 atom stereocenters. The van der Waals surface area contributed by atoms with Gasteiger partial charge in [0.1, 0.15) is 5.75 Å². The van der Waals surface area contributed by atoms with Gasteiger partial charge < -0.3 is 15.2 Å². The number of rotatable bonds is 5. The average molecular weight is 303 g/mol. The van der Waals surface area contributed by atoms with Gasteiger partial charge in [-0.25, -0.2) is 0 Å². The smallest absolute Gasteiger partial charge is 0.405 e. The molecular weight excluding hydrogens is 283 g/mol. The SMILES string of the molecule is OCC(NC1CCCCC1)c1ccccc1OC(F)(F)F. The molecule has 1 unspecified atom stereocenters. The van der Waals surface area contributed by atoms with Crippen LogP contribution in [0, 0.1) is 0 Å². The number of aliphatic hydroxyl groups excluding tert-OH is 1. The van der Waals surface area contributed by atoms with Gasteiger partial charge in [-0.1, -0.05) is 37.5 Å². The number of para-hydroxylation sites is 1. The highest BCUT2D eigenvalue weighted by atomic mass is 19.4.